The van der Waals surface area contributed by atoms with Crippen LogP contribution in [-0.2, 0) is 11.3 Å². The van der Waals surface area contributed by atoms with Gasteiger partial charge in [0.25, 0.3) is 5.91 Å². The minimum Gasteiger partial charge on any atom is -0.481 e. The summed E-state index contributed by atoms with van der Waals surface area (Å²) in [6.07, 6.45) is -0.685. The topological polar surface area (TPSA) is 88.8 Å². The third-order valence-electron chi connectivity index (χ3n) is 3.86. The van der Waals surface area contributed by atoms with Crippen LogP contribution in [0, 0.1) is 6.92 Å². The Bertz CT molecular complexity index is 763. The lowest BCUT2D eigenvalue weighted by atomic mass is 10.0. The molecule has 0 spiro atoms. The Morgan fingerprint density at radius 3 is 2.52 bits per heavy atom. The Kier molecular flexibility index (Phi) is 5.85. The molecule has 2 rings (SSSR count). The minimum atomic E-state index is -1.14. The summed E-state index contributed by atoms with van der Waals surface area (Å²) in [6.45, 7) is 7.89. The molecule has 134 valence electrons. The van der Waals surface area contributed by atoms with Crippen molar-refractivity contribution >= 4 is 11.9 Å². The maximum atomic E-state index is 12.2. The van der Waals surface area contributed by atoms with Gasteiger partial charge in [-0.1, -0.05) is 26.0 Å². The lowest BCUT2D eigenvalue weighted by Gasteiger charge is -2.17. The van der Waals surface area contributed by atoms with Gasteiger partial charge in [0.2, 0.25) is 5.76 Å². The molecule has 2 N–H and O–H groups in total. The average molecular weight is 345 g/mol. The van der Waals surface area contributed by atoms with Crippen molar-refractivity contribution in [1.29, 1.82) is 0 Å². The minimum absolute atomic E-state index is 0.102. The Morgan fingerprint density at radius 2 is 1.92 bits per heavy atom. The SMILES string of the molecule is Cc1ccc(C(C)C)cc1OC(C)C(=O)NCc1ccc(C(=O)O)o1. The van der Waals surface area contributed by atoms with Crippen molar-refractivity contribution in [2.45, 2.75) is 46.3 Å². The molecule has 1 heterocycles. The first-order valence-corrected chi connectivity index (χ1v) is 8.15. The Morgan fingerprint density at radius 1 is 1.20 bits per heavy atom. The van der Waals surface area contributed by atoms with E-state index in [9.17, 15) is 9.59 Å². The van der Waals surface area contributed by atoms with E-state index in [2.05, 4.69) is 25.2 Å². The monoisotopic (exact) mass is 345 g/mol. The van der Waals surface area contributed by atoms with Gasteiger partial charge >= 0.3 is 5.97 Å². The molecule has 1 amide bonds. The van der Waals surface area contributed by atoms with E-state index in [1.807, 2.05) is 19.1 Å². The molecule has 6 heteroatoms. The Labute approximate surface area is 146 Å². The fraction of sp³-hybridized carbons (Fsp3) is 0.368. The predicted octanol–water partition coefficient (Wildman–Crippen LogP) is 3.49. The third kappa shape index (κ3) is 4.86. The number of nitrogens with one attached hydrogen (secondary N) is 1. The second-order valence-electron chi connectivity index (χ2n) is 6.23. The fourth-order valence-electron chi connectivity index (χ4n) is 2.25. The maximum absolute atomic E-state index is 12.2. The quantitative estimate of drug-likeness (QED) is 0.802. The zero-order valence-corrected chi connectivity index (χ0v) is 14.8. The van der Waals surface area contributed by atoms with E-state index in [1.54, 1.807) is 6.92 Å². The summed E-state index contributed by atoms with van der Waals surface area (Å²) in [5.74, 6) is -0.183. The van der Waals surface area contributed by atoms with Crippen LogP contribution >= 0.6 is 0 Å². The number of carbonyl (C=O) groups is 2. The molecule has 0 aliphatic carbocycles. The number of hydrogen-bond acceptors (Lipinski definition) is 4. The Balaban J connectivity index is 1.95. The van der Waals surface area contributed by atoms with Crippen LogP contribution < -0.4 is 10.1 Å². The van der Waals surface area contributed by atoms with Crippen LogP contribution in [0.25, 0.3) is 0 Å². The van der Waals surface area contributed by atoms with Gasteiger partial charge in [-0.15, -0.1) is 0 Å². The molecular formula is C19H23NO5. The number of carbonyl (C=O) groups excluding carboxylic acids is 1. The molecule has 0 saturated carbocycles. The van der Waals surface area contributed by atoms with Crippen molar-refractivity contribution in [1.82, 2.24) is 5.32 Å². The number of benzene rings is 1. The highest BCUT2D eigenvalue weighted by Gasteiger charge is 2.17. The Hall–Kier alpha value is -2.76. The lowest BCUT2D eigenvalue weighted by Crippen LogP contribution is -2.36. The van der Waals surface area contributed by atoms with E-state index in [4.69, 9.17) is 14.3 Å². The highest BCUT2D eigenvalue weighted by Crippen LogP contribution is 2.25. The molecule has 0 saturated heterocycles. The van der Waals surface area contributed by atoms with Crippen LogP contribution in [-0.4, -0.2) is 23.1 Å². The number of carboxylic acid groups (broad SMARTS) is 1. The molecule has 0 aliphatic rings. The van der Waals surface area contributed by atoms with Gasteiger partial charge in [0.15, 0.2) is 6.10 Å². The first kappa shape index (κ1) is 18.6. The number of amides is 1. The maximum Gasteiger partial charge on any atom is 0.371 e. The first-order chi connectivity index (χ1) is 11.8. The van der Waals surface area contributed by atoms with Crippen LogP contribution in [0.3, 0.4) is 0 Å². The molecule has 1 aromatic heterocycles. The largest absolute Gasteiger partial charge is 0.481 e. The first-order valence-electron chi connectivity index (χ1n) is 8.15. The summed E-state index contributed by atoms with van der Waals surface area (Å²) in [4.78, 5) is 23.0. The normalized spacial score (nSPS) is 12.0. The van der Waals surface area contributed by atoms with E-state index in [-0.39, 0.29) is 18.2 Å². The molecule has 2 aromatic rings. The lowest BCUT2D eigenvalue weighted by molar-refractivity contribution is -0.127. The summed E-state index contributed by atoms with van der Waals surface area (Å²) in [5, 5.41) is 11.5. The van der Waals surface area contributed by atoms with Gasteiger partial charge in [0.05, 0.1) is 6.54 Å². The molecule has 1 atom stereocenters. The predicted molar refractivity (Wildman–Crippen MR) is 92.9 cm³/mol. The van der Waals surface area contributed by atoms with Gasteiger partial charge in [-0.25, -0.2) is 4.79 Å². The van der Waals surface area contributed by atoms with Crippen molar-refractivity contribution in [3.05, 3.63) is 53.0 Å². The number of ether oxygens (including phenoxy) is 1. The highest BCUT2D eigenvalue weighted by atomic mass is 16.5. The molecule has 0 aliphatic heterocycles. The van der Waals surface area contributed by atoms with Crippen molar-refractivity contribution < 1.29 is 23.8 Å². The van der Waals surface area contributed by atoms with Crippen LogP contribution in [0.5, 0.6) is 5.75 Å². The van der Waals surface area contributed by atoms with Crippen molar-refractivity contribution in [2.75, 3.05) is 0 Å². The van der Waals surface area contributed by atoms with Crippen molar-refractivity contribution in [3.63, 3.8) is 0 Å². The van der Waals surface area contributed by atoms with Crippen LogP contribution in [0.1, 0.15) is 54.1 Å². The number of rotatable bonds is 7. The highest BCUT2D eigenvalue weighted by molar-refractivity contribution is 5.84. The molecule has 25 heavy (non-hydrogen) atoms. The van der Waals surface area contributed by atoms with Gasteiger partial charge < -0.3 is 19.6 Å². The van der Waals surface area contributed by atoms with E-state index in [0.29, 0.717) is 17.4 Å². The van der Waals surface area contributed by atoms with E-state index >= 15 is 0 Å². The molecular weight excluding hydrogens is 322 g/mol. The number of carboxylic acids is 1. The summed E-state index contributed by atoms with van der Waals surface area (Å²) in [5.41, 5.74) is 2.10. The smallest absolute Gasteiger partial charge is 0.371 e. The van der Waals surface area contributed by atoms with Crippen molar-refractivity contribution in [3.8, 4) is 5.75 Å². The summed E-state index contributed by atoms with van der Waals surface area (Å²) < 4.78 is 10.9. The van der Waals surface area contributed by atoms with Crippen molar-refractivity contribution in [2.24, 2.45) is 0 Å². The van der Waals surface area contributed by atoms with Gasteiger partial charge in [-0.05, 0) is 49.1 Å². The second kappa shape index (κ2) is 7.88. The van der Waals surface area contributed by atoms with Crippen LogP contribution in [0.2, 0.25) is 0 Å². The summed E-state index contributed by atoms with van der Waals surface area (Å²) in [6, 6.07) is 8.85. The van der Waals surface area contributed by atoms with Crippen LogP contribution in [0.4, 0.5) is 0 Å². The molecule has 0 bridgehead atoms. The van der Waals surface area contributed by atoms with E-state index < -0.39 is 12.1 Å². The number of furan rings is 1. The van der Waals surface area contributed by atoms with Gasteiger partial charge in [-0.2, -0.15) is 0 Å². The number of aromatic carboxylic acids is 1. The molecule has 0 fully saturated rings. The molecule has 6 nitrogen and oxygen atoms in total. The van der Waals surface area contributed by atoms with Gasteiger partial charge in [-0.3, -0.25) is 4.79 Å². The second-order valence-corrected chi connectivity index (χ2v) is 6.23. The van der Waals surface area contributed by atoms with E-state index in [1.165, 1.54) is 12.1 Å². The molecule has 1 aromatic carbocycles. The number of aryl methyl sites for hydroxylation is 1. The zero-order chi connectivity index (χ0) is 18.6. The van der Waals surface area contributed by atoms with E-state index in [0.717, 1.165) is 11.1 Å². The van der Waals surface area contributed by atoms with Gasteiger partial charge in [0, 0.05) is 0 Å². The average Bonchev–Trinajstić information content (AvgIpc) is 3.03. The third-order valence-corrected chi connectivity index (χ3v) is 3.86. The standard InChI is InChI=1S/C19H23NO5/c1-11(2)14-6-5-12(3)17(9-14)24-13(4)18(21)20-10-15-7-8-16(25-15)19(22)23/h5-9,11,13H,10H2,1-4H3,(H,20,21)(H,22,23). The van der Waals surface area contributed by atoms with Crippen LogP contribution in [0.15, 0.2) is 34.7 Å². The summed E-state index contributed by atoms with van der Waals surface area (Å²) >= 11 is 0. The zero-order valence-electron chi connectivity index (χ0n) is 14.8. The van der Waals surface area contributed by atoms with Gasteiger partial charge in [0.1, 0.15) is 11.5 Å². The fourth-order valence-corrected chi connectivity index (χ4v) is 2.25. The number of hydrogen-bond donors (Lipinski definition) is 2. The summed E-state index contributed by atoms with van der Waals surface area (Å²) in [7, 11) is 0. The molecule has 1 unspecified atom stereocenters. The molecule has 0 radical (unpaired) electrons.